The molecule has 0 N–H and O–H groups in total. The highest BCUT2D eigenvalue weighted by molar-refractivity contribution is 5.73. The van der Waals surface area contributed by atoms with Crippen molar-refractivity contribution < 1.29 is 23.9 Å². The molecule has 0 spiro atoms. The summed E-state index contributed by atoms with van der Waals surface area (Å²) >= 11 is 0. The normalized spacial score (nSPS) is 9.00. The van der Waals surface area contributed by atoms with E-state index in [0.717, 1.165) is 13.8 Å². The first kappa shape index (κ1) is 9.61. The van der Waals surface area contributed by atoms with Gasteiger partial charge in [0.25, 0.3) is 6.29 Å². The van der Waals surface area contributed by atoms with Crippen molar-refractivity contribution in [3.8, 4) is 0 Å². The first-order valence-corrected chi connectivity index (χ1v) is 2.78. The van der Waals surface area contributed by atoms with E-state index < -0.39 is 18.2 Å². The number of rotatable bonds is 3. The second-order valence-corrected chi connectivity index (χ2v) is 1.67. The molecule has 0 saturated carbocycles. The van der Waals surface area contributed by atoms with Gasteiger partial charge >= 0.3 is 18.2 Å². The van der Waals surface area contributed by atoms with Gasteiger partial charge in [0, 0.05) is 13.8 Å². The minimum atomic E-state index is -1.54. The molecule has 0 atom stereocenters. The Morgan fingerprint density at radius 1 is 1.18 bits per heavy atom. The average molecular weight is 159 g/mol. The van der Waals surface area contributed by atoms with Gasteiger partial charge < -0.3 is 9.47 Å². The lowest BCUT2D eigenvalue weighted by Gasteiger charge is -2.07. The molecule has 0 aliphatic heterocycles. The Hall–Kier alpha value is -1.39. The Labute approximate surface area is 63.3 Å². The molecule has 5 nitrogen and oxygen atoms in total. The largest absolute Gasteiger partial charge is 0.417 e. The highest BCUT2D eigenvalue weighted by Gasteiger charge is 2.13. The molecule has 0 aliphatic rings. The average Bonchev–Trinajstić information content (AvgIpc) is 1.84. The molecule has 0 saturated heterocycles. The first-order chi connectivity index (χ1) is 5.06. The van der Waals surface area contributed by atoms with Crippen molar-refractivity contribution in [3.63, 3.8) is 0 Å². The molecule has 0 aromatic rings. The quantitative estimate of drug-likeness (QED) is 0.412. The van der Waals surface area contributed by atoms with Crippen LogP contribution in [0.2, 0.25) is 0 Å². The third-order valence-electron chi connectivity index (χ3n) is 0.642. The Bertz CT molecular complexity index is 158. The summed E-state index contributed by atoms with van der Waals surface area (Å²) in [5.41, 5.74) is 0. The van der Waals surface area contributed by atoms with Crippen LogP contribution in [0.3, 0.4) is 0 Å². The Morgan fingerprint density at radius 3 is 1.73 bits per heavy atom. The lowest BCUT2D eigenvalue weighted by Crippen LogP contribution is -2.23. The van der Waals surface area contributed by atoms with E-state index in [4.69, 9.17) is 0 Å². The molecule has 11 heavy (non-hydrogen) atoms. The maximum atomic E-state index is 10.2. The van der Waals surface area contributed by atoms with Crippen LogP contribution in [0.1, 0.15) is 13.8 Å². The van der Waals surface area contributed by atoms with Gasteiger partial charge in [0.15, 0.2) is 0 Å². The van der Waals surface area contributed by atoms with Gasteiger partial charge in [-0.25, -0.2) is 0 Å². The maximum absolute atomic E-state index is 10.2. The molecular formula is C6H7O5. The highest BCUT2D eigenvalue weighted by atomic mass is 16.7. The second kappa shape index (κ2) is 4.43. The lowest BCUT2D eigenvalue weighted by molar-refractivity contribution is -0.173. The smallest absolute Gasteiger partial charge is 0.314 e. The number of carbonyl (C=O) groups excluding carboxylic acids is 3. The molecule has 0 aliphatic carbocycles. The molecule has 0 bridgehead atoms. The van der Waals surface area contributed by atoms with E-state index in [0.29, 0.717) is 0 Å². The van der Waals surface area contributed by atoms with Crippen LogP contribution in [0.5, 0.6) is 0 Å². The van der Waals surface area contributed by atoms with Gasteiger partial charge in [0.1, 0.15) is 0 Å². The van der Waals surface area contributed by atoms with Crippen molar-refractivity contribution in [2.45, 2.75) is 20.1 Å². The van der Waals surface area contributed by atoms with E-state index in [-0.39, 0.29) is 0 Å². The maximum Gasteiger partial charge on any atom is 0.314 e. The summed E-state index contributed by atoms with van der Waals surface area (Å²) in [6.45, 7) is 2.18. The van der Waals surface area contributed by atoms with E-state index in [1.807, 2.05) is 0 Å². The van der Waals surface area contributed by atoms with Crippen LogP contribution in [0.4, 0.5) is 0 Å². The molecule has 0 unspecified atom stereocenters. The molecule has 0 amide bonds. The Kier molecular flexibility index (Phi) is 3.87. The van der Waals surface area contributed by atoms with Gasteiger partial charge in [0.2, 0.25) is 0 Å². The van der Waals surface area contributed by atoms with E-state index in [1.165, 1.54) is 6.29 Å². The monoisotopic (exact) mass is 159 g/mol. The van der Waals surface area contributed by atoms with Crippen molar-refractivity contribution in [3.05, 3.63) is 0 Å². The highest BCUT2D eigenvalue weighted by Crippen LogP contribution is 1.91. The third kappa shape index (κ3) is 5.07. The van der Waals surface area contributed by atoms with Crippen LogP contribution in [-0.2, 0) is 23.9 Å². The molecule has 0 fully saturated rings. The van der Waals surface area contributed by atoms with Crippen molar-refractivity contribution >= 4 is 18.2 Å². The van der Waals surface area contributed by atoms with Crippen molar-refractivity contribution in [2.24, 2.45) is 0 Å². The van der Waals surface area contributed by atoms with E-state index in [1.54, 1.807) is 0 Å². The van der Waals surface area contributed by atoms with Crippen LogP contribution >= 0.6 is 0 Å². The summed E-state index contributed by atoms with van der Waals surface area (Å²) in [5.74, 6) is -1.42. The molecule has 1 radical (unpaired) electrons. The van der Waals surface area contributed by atoms with Crippen LogP contribution in [0, 0.1) is 0 Å². The summed E-state index contributed by atoms with van der Waals surface area (Å²) in [5, 5.41) is 0. The predicted octanol–water partition coefficient (Wildman–Crippen LogP) is -0.452. The van der Waals surface area contributed by atoms with E-state index in [2.05, 4.69) is 9.47 Å². The van der Waals surface area contributed by atoms with Gasteiger partial charge in [-0.1, -0.05) is 0 Å². The zero-order chi connectivity index (χ0) is 8.85. The molecule has 0 aromatic carbocycles. The lowest BCUT2D eigenvalue weighted by atomic mass is 10.6. The van der Waals surface area contributed by atoms with Crippen LogP contribution in [-0.4, -0.2) is 24.5 Å². The zero-order valence-corrected chi connectivity index (χ0v) is 6.12. The SMILES string of the molecule is CC(=O)OC([C]=O)OC(C)=O. The Morgan fingerprint density at radius 2 is 1.55 bits per heavy atom. The van der Waals surface area contributed by atoms with Gasteiger partial charge in [-0.15, -0.1) is 0 Å². The minimum absolute atomic E-state index is 0.709. The fourth-order valence-electron chi connectivity index (χ4n) is 0.374. The van der Waals surface area contributed by atoms with Crippen LogP contribution in [0.15, 0.2) is 0 Å². The van der Waals surface area contributed by atoms with E-state index >= 15 is 0 Å². The number of ether oxygens (including phenoxy) is 2. The van der Waals surface area contributed by atoms with Gasteiger partial charge in [-0.2, -0.15) is 0 Å². The van der Waals surface area contributed by atoms with Crippen LogP contribution in [0.25, 0.3) is 0 Å². The van der Waals surface area contributed by atoms with Crippen molar-refractivity contribution in [1.29, 1.82) is 0 Å². The number of carbonyl (C=O) groups is 2. The summed E-state index contributed by atoms with van der Waals surface area (Å²) in [4.78, 5) is 30.3. The summed E-state index contributed by atoms with van der Waals surface area (Å²) in [7, 11) is 0. The fourth-order valence-corrected chi connectivity index (χ4v) is 0.374. The topological polar surface area (TPSA) is 69.7 Å². The molecule has 5 heteroatoms. The third-order valence-corrected chi connectivity index (χ3v) is 0.642. The predicted molar refractivity (Wildman–Crippen MR) is 33.0 cm³/mol. The molecule has 0 aromatic heterocycles. The van der Waals surface area contributed by atoms with Crippen molar-refractivity contribution in [2.75, 3.05) is 0 Å². The molecular weight excluding hydrogens is 152 g/mol. The summed E-state index contributed by atoms with van der Waals surface area (Å²) < 4.78 is 8.41. The second-order valence-electron chi connectivity index (χ2n) is 1.67. The number of hydrogen-bond donors (Lipinski definition) is 0. The summed E-state index contributed by atoms with van der Waals surface area (Å²) in [6, 6.07) is 0. The molecule has 61 valence electrons. The first-order valence-electron chi connectivity index (χ1n) is 2.78. The number of esters is 2. The van der Waals surface area contributed by atoms with Gasteiger partial charge in [-0.05, 0) is 0 Å². The minimum Gasteiger partial charge on any atom is -0.417 e. The summed E-state index contributed by atoms with van der Waals surface area (Å²) in [6.07, 6.45) is -0.308. The number of hydrogen-bond acceptors (Lipinski definition) is 5. The standard InChI is InChI=1S/C6H7O5/c1-4(8)10-6(3-7)11-5(2)9/h6H,1-2H3. The van der Waals surface area contributed by atoms with Crippen molar-refractivity contribution in [1.82, 2.24) is 0 Å². The zero-order valence-electron chi connectivity index (χ0n) is 6.12. The van der Waals surface area contributed by atoms with Crippen LogP contribution < -0.4 is 0 Å². The van der Waals surface area contributed by atoms with E-state index in [9.17, 15) is 14.4 Å². The van der Waals surface area contributed by atoms with Gasteiger partial charge in [-0.3, -0.25) is 14.4 Å². The fraction of sp³-hybridized carbons (Fsp3) is 0.500. The Balaban J connectivity index is 3.85. The molecule has 0 heterocycles. The molecule has 0 rings (SSSR count). The van der Waals surface area contributed by atoms with Gasteiger partial charge in [0.05, 0.1) is 0 Å².